The van der Waals surface area contributed by atoms with E-state index in [2.05, 4.69) is 9.88 Å². The van der Waals surface area contributed by atoms with Gasteiger partial charge in [0.2, 0.25) is 5.91 Å². The molecule has 1 N–H and O–H groups in total. The highest BCUT2D eigenvalue weighted by Gasteiger charge is 2.40. The zero-order valence-electron chi connectivity index (χ0n) is 19.1. The number of ether oxygens (including phenoxy) is 1. The Morgan fingerprint density at radius 3 is 2.69 bits per heavy atom. The molecule has 1 aromatic heterocycles. The van der Waals surface area contributed by atoms with Crippen molar-refractivity contribution in [2.75, 3.05) is 37.0 Å². The average Bonchev–Trinajstić information content (AvgIpc) is 3.59. The van der Waals surface area contributed by atoms with Gasteiger partial charge >= 0.3 is 5.97 Å². The summed E-state index contributed by atoms with van der Waals surface area (Å²) in [5, 5.41) is 9.20. The average molecular weight is 439 g/mol. The number of methoxy groups -OCH3 is 1. The normalized spacial score (nSPS) is 17.7. The van der Waals surface area contributed by atoms with Crippen LogP contribution in [-0.4, -0.2) is 54.2 Å². The Morgan fingerprint density at radius 2 is 2.03 bits per heavy atom. The smallest absolute Gasteiger partial charge is 0.335 e. The van der Waals surface area contributed by atoms with Gasteiger partial charge in [0.05, 0.1) is 24.3 Å². The third-order valence-corrected chi connectivity index (χ3v) is 6.26. The van der Waals surface area contributed by atoms with E-state index in [1.807, 2.05) is 13.8 Å². The molecule has 1 aliphatic carbocycles. The molecule has 8 nitrogen and oxygen atoms in total. The predicted molar refractivity (Wildman–Crippen MR) is 122 cm³/mol. The molecule has 32 heavy (non-hydrogen) atoms. The second kappa shape index (κ2) is 8.41. The number of aryl methyl sites for hydroxylation is 2. The molecule has 2 aromatic rings. The third-order valence-electron chi connectivity index (χ3n) is 6.26. The highest BCUT2D eigenvalue weighted by atomic mass is 16.5. The molecule has 1 amide bonds. The van der Waals surface area contributed by atoms with Crippen LogP contribution in [0.4, 0.5) is 11.5 Å². The Labute approximate surface area is 188 Å². The van der Waals surface area contributed by atoms with Gasteiger partial charge in [0.1, 0.15) is 17.3 Å². The van der Waals surface area contributed by atoms with Crippen molar-refractivity contribution in [3.63, 3.8) is 0 Å². The van der Waals surface area contributed by atoms with Crippen LogP contribution in [0.3, 0.4) is 0 Å². The Balaban J connectivity index is 1.61. The van der Waals surface area contributed by atoms with Crippen LogP contribution in [0.1, 0.15) is 48.4 Å². The summed E-state index contributed by atoms with van der Waals surface area (Å²) in [6.45, 7) is 5.50. The quantitative estimate of drug-likeness (QED) is 0.709. The second-order valence-corrected chi connectivity index (χ2v) is 9.40. The number of nitrogens with zero attached hydrogens (tertiary/aromatic N) is 4. The third kappa shape index (κ3) is 4.40. The number of aromatic carboxylic acids is 1. The zero-order chi connectivity index (χ0) is 23.0. The van der Waals surface area contributed by atoms with Gasteiger partial charge < -0.3 is 19.6 Å². The van der Waals surface area contributed by atoms with Crippen molar-refractivity contribution >= 4 is 23.4 Å². The topological polar surface area (TPSA) is 95.9 Å². The lowest BCUT2D eigenvalue weighted by atomic mass is 9.91. The molecule has 0 spiro atoms. The van der Waals surface area contributed by atoms with Crippen LogP contribution in [-0.2, 0) is 17.6 Å². The van der Waals surface area contributed by atoms with Gasteiger partial charge in [-0.05, 0) is 56.7 Å². The van der Waals surface area contributed by atoms with Gasteiger partial charge in [0.15, 0.2) is 5.82 Å². The van der Waals surface area contributed by atoms with Crippen molar-refractivity contribution in [3.8, 4) is 5.75 Å². The van der Waals surface area contributed by atoms with Crippen molar-refractivity contribution in [2.45, 2.75) is 39.5 Å². The molecule has 1 saturated carbocycles. The number of fused-ring (bicyclic) bond motifs is 1. The van der Waals surface area contributed by atoms with Gasteiger partial charge in [-0.15, -0.1) is 0 Å². The lowest BCUT2D eigenvalue weighted by Crippen LogP contribution is -2.43. The Morgan fingerprint density at radius 1 is 1.28 bits per heavy atom. The maximum Gasteiger partial charge on any atom is 0.335 e. The molecule has 2 aliphatic rings. The van der Waals surface area contributed by atoms with Gasteiger partial charge in [0.25, 0.3) is 0 Å². The summed E-state index contributed by atoms with van der Waals surface area (Å²) >= 11 is 0. The first-order valence-electron chi connectivity index (χ1n) is 11.0. The van der Waals surface area contributed by atoms with Crippen LogP contribution in [0.25, 0.3) is 0 Å². The monoisotopic (exact) mass is 438 g/mol. The molecule has 2 heterocycles. The second-order valence-electron chi connectivity index (χ2n) is 9.40. The lowest BCUT2D eigenvalue weighted by molar-refractivity contribution is -0.125. The fraction of sp³-hybridized carbons (Fsp3) is 0.500. The van der Waals surface area contributed by atoms with Crippen LogP contribution < -0.4 is 14.5 Å². The van der Waals surface area contributed by atoms with Crippen LogP contribution in [0.15, 0.2) is 24.4 Å². The summed E-state index contributed by atoms with van der Waals surface area (Å²) in [4.78, 5) is 37.6. The number of anilines is 2. The highest BCUT2D eigenvalue weighted by molar-refractivity contribution is 6.00. The van der Waals surface area contributed by atoms with E-state index in [1.54, 1.807) is 30.3 Å². The highest BCUT2D eigenvalue weighted by Crippen LogP contribution is 2.39. The van der Waals surface area contributed by atoms with Crippen LogP contribution >= 0.6 is 0 Å². The number of carboxylic acids is 1. The fourth-order valence-electron chi connectivity index (χ4n) is 4.27. The van der Waals surface area contributed by atoms with E-state index < -0.39 is 11.4 Å². The molecule has 1 fully saturated rings. The molecule has 0 saturated heterocycles. The molecule has 0 atom stereocenters. The molecule has 0 unspecified atom stereocenters. The van der Waals surface area contributed by atoms with Crippen molar-refractivity contribution in [2.24, 2.45) is 11.3 Å². The van der Waals surface area contributed by atoms with Gasteiger partial charge in [-0.2, -0.15) is 0 Å². The molecule has 1 aromatic carbocycles. The minimum atomic E-state index is -0.985. The number of carbonyl (C=O) groups excluding carboxylic acids is 1. The Hall–Kier alpha value is -3.16. The standard InChI is InChI=1S/C24H30N4O4/c1-24(2)14-28(13-15-5-6-15)21-18(27(3)23(24)31)12-25-20(26-21)10-9-16-7-8-17(22(29)30)11-19(16)32-4/h7-8,11-12,15H,5-6,9-10,13-14H2,1-4H3,(H,29,30). The first-order valence-corrected chi connectivity index (χ1v) is 11.0. The van der Waals surface area contributed by atoms with Crippen molar-refractivity contribution in [3.05, 3.63) is 41.3 Å². The Kier molecular flexibility index (Phi) is 5.79. The number of aromatic nitrogens is 2. The summed E-state index contributed by atoms with van der Waals surface area (Å²) < 4.78 is 5.39. The minimum absolute atomic E-state index is 0.0663. The molecule has 0 bridgehead atoms. The summed E-state index contributed by atoms with van der Waals surface area (Å²) in [5.74, 6) is 1.79. The van der Waals surface area contributed by atoms with Crippen LogP contribution in [0, 0.1) is 11.3 Å². The summed E-state index contributed by atoms with van der Waals surface area (Å²) in [6.07, 6.45) is 5.39. The summed E-state index contributed by atoms with van der Waals surface area (Å²) in [7, 11) is 3.33. The molecule has 170 valence electrons. The molecule has 1 aliphatic heterocycles. The van der Waals surface area contributed by atoms with E-state index in [9.17, 15) is 14.7 Å². The number of rotatable bonds is 7. The molecule has 4 rings (SSSR count). The van der Waals surface area contributed by atoms with Crippen molar-refractivity contribution in [1.29, 1.82) is 0 Å². The van der Waals surface area contributed by atoms with Crippen molar-refractivity contribution < 1.29 is 19.4 Å². The molecular weight excluding hydrogens is 408 g/mol. The van der Waals surface area contributed by atoms with Gasteiger partial charge in [0, 0.05) is 26.6 Å². The number of amides is 1. The first kappa shape index (κ1) is 22.0. The zero-order valence-corrected chi connectivity index (χ0v) is 19.1. The Bertz CT molecular complexity index is 1050. The van der Waals surface area contributed by atoms with E-state index in [4.69, 9.17) is 9.72 Å². The predicted octanol–water partition coefficient (Wildman–Crippen LogP) is 3.19. The van der Waals surface area contributed by atoms with Gasteiger partial charge in [-0.25, -0.2) is 14.8 Å². The van der Waals surface area contributed by atoms with E-state index in [0.29, 0.717) is 36.9 Å². The van der Waals surface area contributed by atoms with Gasteiger partial charge in [-0.3, -0.25) is 4.79 Å². The van der Waals surface area contributed by atoms with E-state index in [-0.39, 0.29) is 11.5 Å². The van der Waals surface area contributed by atoms with E-state index >= 15 is 0 Å². The molecule has 8 heteroatoms. The molecular formula is C24H30N4O4. The number of benzene rings is 1. The summed E-state index contributed by atoms with van der Waals surface area (Å²) in [6, 6.07) is 4.90. The van der Waals surface area contributed by atoms with Gasteiger partial charge in [-0.1, -0.05) is 6.07 Å². The van der Waals surface area contributed by atoms with Crippen LogP contribution in [0.2, 0.25) is 0 Å². The SMILES string of the molecule is COc1cc(C(=O)O)ccc1CCc1ncc2c(n1)N(CC1CC1)CC(C)(C)C(=O)N2C. The summed E-state index contributed by atoms with van der Waals surface area (Å²) in [5.41, 5.74) is 1.33. The van der Waals surface area contributed by atoms with Crippen molar-refractivity contribution in [1.82, 2.24) is 9.97 Å². The first-order chi connectivity index (χ1) is 15.2. The maximum absolute atomic E-state index is 13.0. The van der Waals surface area contributed by atoms with E-state index in [0.717, 1.165) is 23.6 Å². The minimum Gasteiger partial charge on any atom is -0.496 e. The number of hydrogen-bond acceptors (Lipinski definition) is 6. The molecule has 0 radical (unpaired) electrons. The lowest BCUT2D eigenvalue weighted by Gasteiger charge is -2.29. The fourth-order valence-corrected chi connectivity index (χ4v) is 4.27. The maximum atomic E-state index is 13.0. The largest absolute Gasteiger partial charge is 0.496 e. The number of hydrogen-bond donors (Lipinski definition) is 1. The number of carbonyl (C=O) groups is 2. The van der Waals surface area contributed by atoms with Crippen LogP contribution in [0.5, 0.6) is 5.75 Å². The number of carboxylic acid groups (broad SMARTS) is 1. The van der Waals surface area contributed by atoms with E-state index in [1.165, 1.54) is 26.0 Å².